The van der Waals surface area contributed by atoms with Gasteiger partial charge in [-0.3, -0.25) is 9.59 Å². The van der Waals surface area contributed by atoms with Crippen molar-refractivity contribution in [2.24, 2.45) is 0 Å². The molecule has 0 spiro atoms. The third-order valence-electron chi connectivity index (χ3n) is 6.21. The predicted octanol–water partition coefficient (Wildman–Crippen LogP) is 3.56. The number of benzene rings is 2. The number of nitrogens with one attached hydrogen (secondary N) is 2. The first kappa shape index (κ1) is 27.4. The highest BCUT2D eigenvalue weighted by atomic mass is 35.5. The first-order valence-electron chi connectivity index (χ1n) is 11.6. The van der Waals surface area contributed by atoms with E-state index in [0.717, 1.165) is 10.9 Å². The van der Waals surface area contributed by atoms with E-state index in [0.29, 0.717) is 51.7 Å². The second-order valence-corrected chi connectivity index (χ2v) is 9.31. The smallest absolute Gasteiger partial charge is 0.248 e. The maximum absolute atomic E-state index is 12.4. The Morgan fingerprint density at radius 3 is 2.42 bits per heavy atom. The molecule has 1 saturated heterocycles. The molecule has 3 aromatic rings. The zero-order valence-corrected chi connectivity index (χ0v) is 22.6. The molecule has 38 heavy (non-hydrogen) atoms. The highest BCUT2D eigenvalue weighted by Crippen LogP contribution is 2.46. The fourth-order valence-corrected chi connectivity index (χ4v) is 5.04. The molecular formula is C26H27Cl2N5O5. The van der Waals surface area contributed by atoms with Crippen molar-refractivity contribution in [3.05, 3.63) is 53.2 Å². The monoisotopic (exact) mass is 559 g/mol. The Kier molecular flexibility index (Phi) is 8.55. The van der Waals surface area contributed by atoms with Crippen LogP contribution in [0.2, 0.25) is 10.0 Å². The van der Waals surface area contributed by atoms with E-state index in [9.17, 15) is 9.59 Å². The van der Waals surface area contributed by atoms with Gasteiger partial charge in [0.2, 0.25) is 17.8 Å². The van der Waals surface area contributed by atoms with E-state index in [1.807, 2.05) is 18.2 Å². The van der Waals surface area contributed by atoms with Crippen molar-refractivity contribution in [1.82, 2.24) is 20.2 Å². The molecule has 12 heteroatoms. The Morgan fingerprint density at radius 1 is 1.11 bits per heavy atom. The van der Waals surface area contributed by atoms with Gasteiger partial charge in [-0.15, -0.1) is 0 Å². The summed E-state index contributed by atoms with van der Waals surface area (Å²) in [6.45, 7) is 4.12. The minimum atomic E-state index is -0.365. The van der Waals surface area contributed by atoms with Gasteiger partial charge < -0.3 is 29.7 Å². The van der Waals surface area contributed by atoms with Crippen LogP contribution in [0.25, 0.3) is 22.0 Å². The first-order valence-corrected chi connectivity index (χ1v) is 12.4. The molecule has 2 amide bonds. The molecule has 2 N–H and O–H groups in total. The first-order chi connectivity index (χ1) is 18.3. The maximum atomic E-state index is 12.4. The van der Waals surface area contributed by atoms with Crippen LogP contribution in [-0.2, 0) is 14.3 Å². The topological polar surface area (TPSA) is 115 Å². The number of fused-ring (bicyclic) bond motifs is 1. The number of rotatable bonds is 9. The van der Waals surface area contributed by atoms with Gasteiger partial charge in [0, 0.05) is 43.4 Å². The largest absolute Gasteiger partial charge is 0.495 e. The molecule has 2 heterocycles. The van der Waals surface area contributed by atoms with Gasteiger partial charge in [-0.1, -0.05) is 35.8 Å². The number of aromatic nitrogens is 2. The Balaban J connectivity index is 1.62. The average Bonchev–Trinajstić information content (AvgIpc) is 3.31. The van der Waals surface area contributed by atoms with Gasteiger partial charge in [-0.05, 0) is 23.8 Å². The molecule has 1 aliphatic heterocycles. The predicted molar refractivity (Wildman–Crippen MR) is 146 cm³/mol. The van der Waals surface area contributed by atoms with E-state index in [4.69, 9.17) is 37.4 Å². The molecule has 10 nitrogen and oxygen atoms in total. The number of ether oxygens (including phenoxy) is 3. The molecule has 2 unspecified atom stereocenters. The molecule has 1 aromatic heterocycles. The van der Waals surface area contributed by atoms with Crippen LogP contribution in [0.5, 0.6) is 11.5 Å². The Hall–Kier alpha value is -3.60. The van der Waals surface area contributed by atoms with Crippen molar-refractivity contribution in [2.75, 3.05) is 46.3 Å². The number of anilines is 1. The third-order valence-corrected chi connectivity index (χ3v) is 6.96. The molecule has 0 saturated carbocycles. The van der Waals surface area contributed by atoms with Gasteiger partial charge in [0.15, 0.2) is 0 Å². The maximum Gasteiger partial charge on any atom is 0.248 e. The van der Waals surface area contributed by atoms with Crippen molar-refractivity contribution in [3.63, 3.8) is 0 Å². The van der Waals surface area contributed by atoms with E-state index in [1.165, 1.54) is 27.4 Å². The number of carbonyl (C=O) groups is 2. The molecule has 2 atom stereocenters. The van der Waals surface area contributed by atoms with Gasteiger partial charge in [0.05, 0.1) is 41.9 Å². The van der Waals surface area contributed by atoms with E-state index in [1.54, 1.807) is 17.2 Å². The van der Waals surface area contributed by atoms with Crippen LogP contribution in [0.15, 0.2) is 43.1 Å². The molecule has 0 radical (unpaired) electrons. The van der Waals surface area contributed by atoms with E-state index in [2.05, 4.69) is 27.2 Å². The number of likely N-dealkylation sites (tertiary alicyclic amines) is 1. The number of methoxy groups -OCH3 is 3. The number of nitrogens with zero attached hydrogens (tertiary/aromatic N) is 3. The van der Waals surface area contributed by atoms with Crippen LogP contribution < -0.4 is 20.1 Å². The van der Waals surface area contributed by atoms with Crippen molar-refractivity contribution in [3.8, 4) is 22.6 Å². The van der Waals surface area contributed by atoms with E-state index >= 15 is 0 Å². The fraction of sp³-hybridized carbons (Fsp3) is 0.308. The molecule has 4 rings (SSSR count). The van der Waals surface area contributed by atoms with E-state index in [-0.39, 0.29) is 30.5 Å². The van der Waals surface area contributed by atoms with Crippen molar-refractivity contribution >= 4 is 51.9 Å². The normalized spacial score (nSPS) is 16.8. The third kappa shape index (κ3) is 5.62. The molecular weight excluding hydrogens is 533 g/mol. The summed E-state index contributed by atoms with van der Waals surface area (Å²) in [5.74, 6) is 0.723. The van der Waals surface area contributed by atoms with Crippen LogP contribution in [0.1, 0.15) is 0 Å². The van der Waals surface area contributed by atoms with Crippen LogP contribution in [0, 0.1) is 0 Å². The summed E-state index contributed by atoms with van der Waals surface area (Å²) in [5.41, 5.74) is 1.98. The summed E-state index contributed by atoms with van der Waals surface area (Å²) < 4.78 is 15.7. The van der Waals surface area contributed by atoms with Crippen molar-refractivity contribution < 1.29 is 23.8 Å². The van der Waals surface area contributed by atoms with E-state index < -0.39 is 0 Å². The summed E-state index contributed by atoms with van der Waals surface area (Å²) in [4.78, 5) is 35.0. The minimum Gasteiger partial charge on any atom is -0.495 e. The Morgan fingerprint density at radius 2 is 1.79 bits per heavy atom. The van der Waals surface area contributed by atoms with Crippen LogP contribution in [-0.4, -0.2) is 79.8 Å². The summed E-state index contributed by atoms with van der Waals surface area (Å²) >= 11 is 13.2. The number of hydrogen-bond donors (Lipinski definition) is 2. The Labute approximate surface area is 229 Å². The van der Waals surface area contributed by atoms with Crippen LogP contribution >= 0.6 is 23.2 Å². The lowest BCUT2D eigenvalue weighted by Crippen LogP contribution is -2.45. The van der Waals surface area contributed by atoms with Crippen molar-refractivity contribution in [2.45, 2.75) is 12.1 Å². The van der Waals surface area contributed by atoms with Crippen molar-refractivity contribution in [1.29, 1.82) is 0 Å². The summed E-state index contributed by atoms with van der Waals surface area (Å²) in [7, 11) is 4.50. The molecule has 1 fully saturated rings. The molecule has 2 aromatic carbocycles. The number of amides is 2. The highest BCUT2D eigenvalue weighted by Gasteiger charge is 2.36. The summed E-state index contributed by atoms with van der Waals surface area (Å²) in [5, 5.41) is 7.59. The van der Waals surface area contributed by atoms with Gasteiger partial charge >= 0.3 is 0 Å². The summed E-state index contributed by atoms with van der Waals surface area (Å²) in [6.07, 6.45) is 2.87. The SMILES string of the molecule is C=CC(=O)NC1CN(C(=O)COC)CC1Nc1ncc2cc(-c3c(Cl)c(OC)cc(OC)c3Cl)ccc2n1. The zero-order chi connectivity index (χ0) is 27.4. The highest BCUT2D eigenvalue weighted by molar-refractivity contribution is 6.41. The molecule has 0 aliphatic carbocycles. The van der Waals surface area contributed by atoms with Crippen LogP contribution in [0.3, 0.4) is 0 Å². The lowest BCUT2D eigenvalue weighted by atomic mass is 10.0. The molecule has 200 valence electrons. The van der Waals surface area contributed by atoms with Gasteiger partial charge in [-0.2, -0.15) is 0 Å². The van der Waals surface area contributed by atoms with Gasteiger partial charge in [0.1, 0.15) is 18.1 Å². The minimum absolute atomic E-state index is 0.0448. The lowest BCUT2D eigenvalue weighted by molar-refractivity contribution is -0.134. The number of carbonyl (C=O) groups excluding carboxylic acids is 2. The second kappa shape index (κ2) is 11.8. The molecule has 1 aliphatic rings. The summed E-state index contributed by atoms with van der Waals surface area (Å²) in [6, 6.07) is 6.50. The number of halogens is 2. The quantitative estimate of drug-likeness (QED) is 0.382. The second-order valence-electron chi connectivity index (χ2n) is 8.55. The lowest BCUT2D eigenvalue weighted by Gasteiger charge is -2.20. The number of hydrogen-bond acceptors (Lipinski definition) is 8. The zero-order valence-electron chi connectivity index (χ0n) is 21.1. The average molecular weight is 560 g/mol. The van der Waals surface area contributed by atoms with Crippen LogP contribution in [0.4, 0.5) is 5.95 Å². The van der Waals surface area contributed by atoms with Gasteiger partial charge in [-0.25, -0.2) is 9.97 Å². The Bertz CT molecular complexity index is 1360. The van der Waals surface area contributed by atoms with Gasteiger partial charge in [0.25, 0.3) is 0 Å². The fourth-order valence-electron chi connectivity index (χ4n) is 4.32. The molecule has 0 bridgehead atoms. The standard InChI is InChI=1S/C26H27Cl2N5O5/c1-5-21(34)30-17-11-33(22(35)13-36-2)12-18(17)32-26-29-10-15-8-14(6-7-16(15)31-26)23-24(27)19(37-3)9-20(38-4)25(23)28/h5-10,17-18H,1,11-13H2,2-4H3,(H,30,34)(H,29,31,32).